The maximum absolute atomic E-state index is 3.92. The second-order valence-corrected chi connectivity index (χ2v) is 2.26. The Hall–Kier alpha value is -1.58. The molecule has 11 heavy (non-hydrogen) atoms. The van der Waals surface area contributed by atoms with Crippen molar-refractivity contribution < 1.29 is 0 Å². The average molecular weight is 148 g/mol. The predicted octanol–water partition coefficient (Wildman–Crippen LogP) is 1.000. The van der Waals surface area contributed by atoms with E-state index in [2.05, 4.69) is 20.7 Å². The Balaban J connectivity index is 2.79. The monoisotopic (exact) mass is 148 g/mol. The first-order chi connectivity index (χ1) is 5.42. The van der Waals surface area contributed by atoms with Crippen LogP contribution >= 0.6 is 0 Å². The lowest BCUT2D eigenvalue weighted by molar-refractivity contribution is 0.959. The van der Waals surface area contributed by atoms with Gasteiger partial charge in [0.05, 0.1) is 11.2 Å². The number of aromatic amines is 1. The summed E-state index contributed by atoms with van der Waals surface area (Å²) in [6, 6.07) is 5.86. The van der Waals surface area contributed by atoms with Crippen molar-refractivity contribution in [1.82, 2.24) is 15.4 Å². The standard InChI is InChI=1S/C7H8N4/c1-8-5-3-2-4-6-7(5)10-11-9-6/h2-4,8H,1H3,(H,9,10,11). The molecule has 0 bridgehead atoms. The number of fused-ring (bicyclic) bond motifs is 1. The fraction of sp³-hybridized carbons (Fsp3) is 0.143. The number of hydrogen-bond acceptors (Lipinski definition) is 3. The molecule has 0 fully saturated rings. The summed E-state index contributed by atoms with van der Waals surface area (Å²) in [7, 11) is 1.86. The number of anilines is 1. The maximum Gasteiger partial charge on any atom is 0.135 e. The Morgan fingerprint density at radius 1 is 1.45 bits per heavy atom. The van der Waals surface area contributed by atoms with Crippen molar-refractivity contribution in [2.75, 3.05) is 12.4 Å². The van der Waals surface area contributed by atoms with Crippen LogP contribution < -0.4 is 5.32 Å². The van der Waals surface area contributed by atoms with E-state index in [4.69, 9.17) is 0 Å². The minimum atomic E-state index is 0.884. The molecule has 1 aromatic heterocycles. The number of nitrogens with zero attached hydrogens (tertiary/aromatic N) is 2. The molecule has 0 radical (unpaired) electrons. The molecule has 0 aliphatic rings. The Morgan fingerprint density at radius 3 is 3.18 bits per heavy atom. The smallest absolute Gasteiger partial charge is 0.135 e. The van der Waals surface area contributed by atoms with Gasteiger partial charge in [0.1, 0.15) is 5.52 Å². The molecule has 0 amide bonds. The third-order valence-corrected chi connectivity index (χ3v) is 1.63. The molecule has 0 saturated heterocycles. The number of hydrogen-bond donors (Lipinski definition) is 2. The van der Waals surface area contributed by atoms with Crippen LogP contribution in [0.2, 0.25) is 0 Å². The summed E-state index contributed by atoms with van der Waals surface area (Å²) in [5.41, 5.74) is 2.84. The molecular weight excluding hydrogens is 140 g/mol. The molecule has 0 aliphatic carbocycles. The van der Waals surface area contributed by atoms with Crippen molar-refractivity contribution in [3.63, 3.8) is 0 Å². The first-order valence-corrected chi connectivity index (χ1v) is 3.39. The number of benzene rings is 1. The molecule has 56 valence electrons. The summed E-state index contributed by atoms with van der Waals surface area (Å²) in [5, 5.41) is 13.4. The zero-order valence-corrected chi connectivity index (χ0v) is 6.13. The summed E-state index contributed by atoms with van der Waals surface area (Å²) < 4.78 is 0. The third-order valence-electron chi connectivity index (χ3n) is 1.63. The average Bonchev–Trinajstić information content (AvgIpc) is 2.50. The van der Waals surface area contributed by atoms with Crippen molar-refractivity contribution >= 4 is 16.7 Å². The topological polar surface area (TPSA) is 53.6 Å². The molecular formula is C7H8N4. The molecule has 0 atom stereocenters. The molecule has 2 rings (SSSR count). The van der Waals surface area contributed by atoms with Gasteiger partial charge in [-0.1, -0.05) is 11.3 Å². The second-order valence-electron chi connectivity index (χ2n) is 2.26. The molecule has 0 aliphatic heterocycles. The van der Waals surface area contributed by atoms with Gasteiger partial charge in [0.2, 0.25) is 0 Å². The first-order valence-electron chi connectivity index (χ1n) is 3.39. The minimum Gasteiger partial charge on any atom is -0.386 e. The zero-order chi connectivity index (χ0) is 7.68. The van der Waals surface area contributed by atoms with Gasteiger partial charge in [0.15, 0.2) is 0 Å². The van der Waals surface area contributed by atoms with Gasteiger partial charge >= 0.3 is 0 Å². The molecule has 1 heterocycles. The highest BCUT2D eigenvalue weighted by atomic mass is 15.3. The molecule has 0 saturated carbocycles. The van der Waals surface area contributed by atoms with Crippen LogP contribution in [0.1, 0.15) is 0 Å². The Labute approximate surface area is 63.6 Å². The van der Waals surface area contributed by atoms with Crippen LogP contribution in [-0.2, 0) is 0 Å². The quantitative estimate of drug-likeness (QED) is 0.634. The van der Waals surface area contributed by atoms with Gasteiger partial charge in [-0.2, -0.15) is 0 Å². The largest absolute Gasteiger partial charge is 0.386 e. The number of aromatic nitrogens is 3. The van der Waals surface area contributed by atoms with Crippen molar-refractivity contribution in [3.8, 4) is 0 Å². The highest BCUT2D eigenvalue weighted by molar-refractivity contribution is 5.86. The van der Waals surface area contributed by atoms with E-state index in [9.17, 15) is 0 Å². The fourth-order valence-electron chi connectivity index (χ4n) is 1.07. The predicted molar refractivity (Wildman–Crippen MR) is 43.4 cm³/mol. The van der Waals surface area contributed by atoms with Crippen LogP contribution in [-0.4, -0.2) is 22.5 Å². The molecule has 4 nitrogen and oxygen atoms in total. The maximum atomic E-state index is 3.92. The van der Waals surface area contributed by atoms with Crippen LogP contribution in [0.25, 0.3) is 11.0 Å². The van der Waals surface area contributed by atoms with Gasteiger partial charge in [-0.05, 0) is 12.1 Å². The molecule has 1 aromatic carbocycles. The molecule has 2 N–H and O–H groups in total. The number of rotatable bonds is 1. The number of H-pyrrole nitrogens is 1. The molecule has 0 spiro atoms. The fourth-order valence-corrected chi connectivity index (χ4v) is 1.07. The van der Waals surface area contributed by atoms with Crippen molar-refractivity contribution in [1.29, 1.82) is 0 Å². The lowest BCUT2D eigenvalue weighted by atomic mass is 10.3. The van der Waals surface area contributed by atoms with E-state index in [1.54, 1.807) is 0 Å². The van der Waals surface area contributed by atoms with Gasteiger partial charge in [-0.3, -0.25) is 5.10 Å². The van der Waals surface area contributed by atoms with E-state index >= 15 is 0 Å². The lowest BCUT2D eigenvalue weighted by Gasteiger charge is -1.97. The van der Waals surface area contributed by atoms with Crippen LogP contribution in [0, 0.1) is 0 Å². The minimum absolute atomic E-state index is 0.884. The summed E-state index contributed by atoms with van der Waals surface area (Å²) >= 11 is 0. The van der Waals surface area contributed by atoms with Gasteiger partial charge in [-0.25, -0.2) is 0 Å². The highest BCUT2D eigenvalue weighted by Crippen LogP contribution is 2.17. The highest BCUT2D eigenvalue weighted by Gasteiger charge is 2.00. The van der Waals surface area contributed by atoms with Gasteiger partial charge in [0, 0.05) is 7.05 Å². The van der Waals surface area contributed by atoms with Crippen LogP contribution in [0.3, 0.4) is 0 Å². The SMILES string of the molecule is CNc1cccc2[nH]nnc12. The van der Waals surface area contributed by atoms with E-state index in [1.807, 2.05) is 25.2 Å². The van der Waals surface area contributed by atoms with E-state index in [0.717, 1.165) is 16.7 Å². The Morgan fingerprint density at radius 2 is 2.36 bits per heavy atom. The van der Waals surface area contributed by atoms with Crippen molar-refractivity contribution in [2.45, 2.75) is 0 Å². The van der Waals surface area contributed by atoms with Gasteiger partial charge in [-0.15, -0.1) is 5.10 Å². The normalized spacial score (nSPS) is 10.3. The summed E-state index contributed by atoms with van der Waals surface area (Å²) in [6.45, 7) is 0. The van der Waals surface area contributed by atoms with E-state index < -0.39 is 0 Å². The van der Waals surface area contributed by atoms with Crippen LogP contribution in [0.4, 0.5) is 5.69 Å². The van der Waals surface area contributed by atoms with E-state index in [-0.39, 0.29) is 0 Å². The van der Waals surface area contributed by atoms with Gasteiger partial charge < -0.3 is 5.32 Å². The summed E-state index contributed by atoms with van der Waals surface area (Å²) in [4.78, 5) is 0. The first kappa shape index (κ1) is 6.15. The summed E-state index contributed by atoms with van der Waals surface area (Å²) in [6.07, 6.45) is 0. The van der Waals surface area contributed by atoms with Crippen molar-refractivity contribution in [3.05, 3.63) is 18.2 Å². The van der Waals surface area contributed by atoms with E-state index in [1.165, 1.54) is 0 Å². The van der Waals surface area contributed by atoms with Crippen molar-refractivity contribution in [2.24, 2.45) is 0 Å². The van der Waals surface area contributed by atoms with E-state index in [0.29, 0.717) is 0 Å². The lowest BCUT2D eigenvalue weighted by Crippen LogP contribution is -1.88. The second kappa shape index (κ2) is 2.23. The number of nitrogens with one attached hydrogen (secondary N) is 2. The summed E-state index contributed by atoms with van der Waals surface area (Å²) in [5.74, 6) is 0. The van der Waals surface area contributed by atoms with Crippen LogP contribution in [0.5, 0.6) is 0 Å². The van der Waals surface area contributed by atoms with Crippen LogP contribution in [0.15, 0.2) is 18.2 Å². The Bertz CT molecular complexity index is 365. The molecule has 0 unspecified atom stereocenters. The molecule has 4 heteroatoms. The molecule has 2 aromatic rings. The van der Waals surface area contributed by atoms with Gasteiger partial charge in [0.25, 0.3) is 0 Å². The third kappa shape index (κ3) is 0.832. The Kier molecular flexibility index (Phi) is 1.25. The zero-order valence-electron chi connectivity index (χ0n) is 6.13.